The number of nitrogens with zero attached hydrogens (tertiary/aromatic N) is 3. The lowest BCUT2D eigenvalue weighted by atomic mass is 9.84. The topological polar surface area (TPSA) is 58.4 Å². The van der Waals surface area contributed by atoms with Crippen molar-refractivity contribution in [3.8, 4) is 6.07 Å². The molecule has 1 aromatic rings. The number of anilines is 1. The Bertz CT molecular complexity index is 643. The van der Waals surface area contributed by atoms with Gasteiger partial charge in [-0.05, 0) is 46.2 Å². The van der Waals surface area contributed by atoms with Crippen molar-refractivity contribution in [2.45, 2.75) is 51.5 Å². The zero-order valence-electron chi connectivity index (χ0n) is 14.0. The summed E-state index contributed by atoms with van der Waals surface area (Å²) in [4.78, 5) is 6.26. The maximum atomic E-state index is 13.4. The van der Waals surface area contributed by atoms with Gasteiger partial charge < -0.3 is 14.2 Å². The first kappa shape index (κ1) is 16.2. The van der Waals surface area contributed by atoms with Crippen molar-refractivity contribution < 1.29 is 13.7 Å². The SMILES string of the molecule is CC1(C)OB(c2ccc(N3CCC(F)C3)c(C#N)n2)OC1(C)C. The summed E-state index contributed by atoms with van der Waals surface area (Å²) in [5.74, 6) is 0. The molecule has 0 amide bonds. The fourth-order valence-electron chi connectivity index (χ4n) is 2.84. The molecule has 0 bridgehead atoms. The van der Waals surface area contributed by atoms with Crippen molar-refractivity contribution in [3.63, 3.8) is 0 Å². The third kappa shape index (κ3) is 2.82. The molecule has 1 unspecified atom stereocenters. The fraction of sp³-hybridized carbons (Fsp3) is 0.625. The van der Waals surface area contributed by atoms with Gasteiger partial charge in [0, 0.05) is 13.1 Å². The van der Waals surface area contributed by atoms with Crippen LogP contribution in [0.3, 0.4) is 0 Å². The van der Waals surface area contributed by atoms with E-state index >= 15 is 0 Å². The summed E-state index contributed by atoms with van der Waals surface area (Å²) in [6.45, 7) is 8.80. The molecule has 0 spiro atoms. The molecule has 122 valence electrons. The predicted molar refractivity (Wildman–Crippen MR) is 86.4 cm³/mol. The lowest BCUT2D eigenvalue weighted by molar-refractivity contribution is 0.00578. The Labute approximate surface area is 136 Å². The Kier molecular flexibility index (Phi) is 3.85. The molecule has 0 aliphatic carbocycles. The number of hydrogen-bond acceptors (Lipinski definition) is 5. The molecular formula is C16H21BFN3O2. The van der Waals surface area contributed by atoms with E-state index in [1.807, 2.05) is 38.7 Å². The minimum absolute atomic E-state index is 0.284. The fourth-order valence-corrected chi connectivity index (χ4v) is 2.84. The van der Waals surface area contributed by atoms with E-state index in [2.05, 4.69) is 11.1 Å². The molecule has 0 N–H and O–H groups in total. The predicted octanol–water partition coefficient (Wildman–Crippen LogP) is 1.80. The molecule has 2 saturated heterocycles. The highest BCUT2D eigenvalue weighted by Gasteiger charge is 2.52. The molecule has 0 aromatic carbocycles. The number of nitriles is 1. The Morgan fingerprint density at radius 1 is 1.30 bits per heavy atom. The summed E-state index contributed by atoms with van der Waals surface area (Å²) >= 11 is 0. The van der Waals surface area contributed by atoms with Gasteiger partial charge >= 0.3 is 7.12 Å². The number of pyridine rings is 1. The highest BCUT2D eigenvalue weighted by atomic mass is 19.1. The van der Waals surface area contributed by atoms with Crippen molar-refractivity contribution in [1.82, 2.24) is 4.98 Å². The molecule has 7 heteroatoms. The summed E-state index contributed by atoms with van der Waals surface area (Å²) in [5, 5.41) is 9.40. The van der Waals surface area contributed by atoms with Gasteiger partial charge in [-0.2, -0.15) is 5.26 Å². The van der Waals surface area contributed by atoms with Crippen molar-refractivity contribution >= 4 is 18.4 Å². The summed E-state index contributed by atoms with van der Waals surface area (Å²) < 4.78 is 25.3. The van der Waals surface area contributed by atoms with Crippen molar-refractivity contribution in [1.29, 1.82) is 5.26 Å². The monoisotopic (exact) mass is 317 g/mol. The van der Waals surface area contributed by atoms with Crippen molar-refractivity contribution in [3.05, 3.63) is 17.8 Å². The quantitative estimate of drug-likeness (QED) is 0.779. The highest BCUT2D eigenvalue weighted by Crippen LogP contribution is 2.36. The molecule has 0 radical (unpaired) electrons. The average Bonchev–Trinajstić information content (AvgIpc) is 2.99. The van der Waals surface area contributed by atoms with Crippen LogP contribution >= 0.6 is 0 Å². The number of alkyl halides is 1. The zero-order valence-corrected chi connectivity index (χ0v) is 14.0. The Hall–Kier alpha value is -1.65. The molecule has 3 heterocycles. The summed E-state index contributed by atoms with van der Waals surface area (Å²) in [6.07, 6.45) is -0.353. The maximum absolute atomic E-state index is 13.4. The normalized spacial score (nSPS) is 25.7. The second-order valence-corrected chi connectivity index (χ2v) is 7.14. The van der Waals surface area contributed by atoms with E-state index in [0.717, 1.165) is 0 Å². The van der Waals surface area contributed by atoms with E-state index in [1.54, 1.807) is 6.07 Å². The standard InChI is InChI=1S/C16H21BFN3O2/c1-15(2)16(3,4)23-17(22-15)14-6-5-13(12(9-19)20-14)21-8-7-11(18)10-21/h5-6,11H,7-8,10H2,1-4H3. The van der Waals surface area contributed by atoms with Gasteiger partial charge in [-0.15, -0.1) is 0 Å². The number of aromatic nitrogens is 1. The van der Waals surface area contributed by atoms with Gasteiger partial charge in [0.05, 0.1) is 22.5 Å². The molecule has 5 nitrogen and oxygen atoms in total. The lowest BCUT2D eigenvalue weighted by Gasteiger charge is -2.32. The third-order valence-corrected chi connectivity index (χ3v) is 4.97. The van der Waals surface area contributed by atoms with Gasteiger partial charge in [-0.25, -0.2) is 9.37 Å². The first-order chi connectivity index (χ1) is 10.7. The van der Waals surface area contributed by atoms with Crippen LogP contribution in [0.1, 0.15) is 39.8 Å². The van der Waals surface area contributed by atoms with Gasteiger partial charge in [0.15, 0.2) is 5.69 Å². The largest absolute Gasteiger partial charge is 0.514 e. The van der Waals surface area contributed by atoms with Crippen molar-refractivity contribution in [2.75, 3.05) is 18.0 Å². The first-order valence-corrected chi connectivity index (χ1v) is 7.89. The second-order valence-electron chi connectivity index (χ2n) is 7.14. The van der Waals surface area contributed by atoms with E-state index in [-0.39, 0.29) is 5.69 Å². The van der Waals surface area contributed by atoms with Crippen molar-refractivity contribution in [2.24, 2.45) is 0 Å². The second kappa shape index (κ2) is 5.46. The van der Waals surface area contributed by atoms with Crippen LogP contribution in [0.25, 0.3) is 0 Å². The van der Waals surface area contributed by atoms with E-state index in [0.29, 0.717) is 30.8 Å². The smallest absolute Gasteiger partial charge is 0.398 e. The molecule has 1 atom stereocenters. The molecule has 2 aliphatic rings. The zero-order chi connectivity index (χ0) is 16.8. The van der Waals surface area contributed by atoms with Crippen LogP contribution in [0.4, 0.5) is 10.1 Å². The van der Waals surface area contributed by atoms with E-state index in [1.165, 1.54) is 0 Å². The molecule has 3 rings (SSSR count). The molecule has 2 fully saturated rings. The van der Waals surface area contributed by atoms with Crippen LogP contribution in [-0.2, 0) is 9.31 Å². The van der Waals surface area contributed by atoms with Crippen LogP contribution in [-0.4, -0.2) is 42.6 Å². The lowest BCUT2D eigenvalue weighted by Crippen LogP contribution is -2.41. The van der Waals surface area contributed by atoms with Gasteiger partial charge in [0.1, 0.15) is 12.2 Å². The maximum Gasteiger partial charge on any atom is 0.514 e. The van der Waals surface area contributed by atoms with E-state index in [4.69, 9.17) is 9.31 Å². The molecule has 0 saturated carbocycles. The van der Waals surface area contributed by atoms with Gasteiger partial charge in [-0.1, -0.05) is 0 Å². The Morgan fingerprint density at radius 3 is 2.48 bits per heavy atom. The van der Waals surface area contributed by atoms with E-state index < -0.39 is 24.5 Å². The van der Waals surface area contributed by atoms with Crippen LogP contribution < -0.4 is 10.5 Å². The Balaban J connectivity index is 1.88. The van der Waals surface area contributed by atoms with Gasteiger partial charge in [-0.3, -0.25) is 0 Å². The summed E-state index contributed by atoms with van der Waals surface area (Å²) in [5.41, 5.74) is 0.613. The number of halogens is 1. The number of rotatable bonds is 2. The van der Waals surface area contributed by atoms with Gasteiger partial charge in [0.25, 0.3) is 0 Å². The van der Waals surface area contributed by atoms with Crippen LogP contribution in [0.15, 0.2) is 12.1 Å². The van der Waals surface area contributed by atoms with Crippen LogP contribution in [0.5, 0.6) is 0 Å². The minimum Gasteiger partial charge on any atom is -0.398 e. The highest BCUT2D eigenvalue weighted by molar-refractivity contribution is 6.61. The average molecular weight is 317 g/mol. The summed E-state index contributed by atoms with van der Waals surface area (Å²) in [6, 6.07) is 5.71. The molecule has 1 aromatic heterocycles. The number of hydrogen-bond donors (Lipinski definition) is 0. The third-order valence-electron chi connectivity index (χ3n) is 4.97. The van der Waals surface area contributed by atoms with Crippen LogP contribution in [0.2, 0.25) is 0 Å². The first-order valence-electron chi connectivity index (χ1n) is 7.89. The van der Waals surface area contributed by atoms with E-state index in [9.17, 15) is 9.65 Å². The summed E-state index contributed by atoms with van der Waals surface area (Å²) in [7, 11) is -0.603. The van der Waals surface area contributed by atoms with Crippen LogP contribution in [0, 0.1) is 11.3 Å². The van der Waals surface area contributed by atoms with Gasteiger partial charge in [0.2, 0.25) is 0 Å². The minimum atomic E-state index is -0.843. The molecule has 2 aliphatic heterocycles. The Morgan fingerprint density at radius 2 is 1.96 bits per heavy atom. The molecule has 23 heavy (non-hydrogen) atoms. The molecular weight excluding hydrogens is 296 g/mol.